The number of alkyl halides is 3. The average molecular weight is 469 g/mol. The van der Waals surface area contributed by atoms with Crippen LogP contribution >= 0.6 is 0 Å². The Hall–Kier alpha value is -3.12. The Labute approximate surface area is 187 Å². The summed E-state index contributed by atoms with van der Waals surface area (Å²) in [6.45, 7) is 1.10. The van der Waals surface area contributed by atoms with E-state index in [1.54, 1.807) is 6.07 Å². The summed E-state index contributed by atoms with van der Waals surface area (Å²) in [7, 11) is 0. The molecule has 2 aliphatic rings. The summed E-state index contributed by atoms with van der Waals surface area (Å²) in [6, 6.07) is 1.74. The molecular formula is C20H26F3N7O3. The molecule has 0 radical (unpaired) electrons. The van der Waals surface area contributed by atoms with Crippen molar-refractivity contribution < 1.29 is 27.5 Å². The van der Waals surface area contributed by atoms with E-state index in [1.165, 1.54) is 0 Å². The molecule has 10 nitrogen and oxygen atoms in total. The van der Waals surface area contributed by atoms with Crippen LogP contribution in [-0.2, 0) is 22.5 Å². The second kappa shape index (κ2) is 9.02. The molecule has 0 aliphatic heterocycles. The molecule has 33 heavy (non-hydrogen) atoms. The third-order valence-corrected chi connectivity index (χ3v) is 5.97. The number of halogens is 3. The summed E-state index contributed by atoms with van der Waals surface area (Å²) in [5.41, 5.74) is 0.899. The van der Waals surface area contributed by atoms with Crippen LogP contribution in [0.1, 0.15) is 56.3 Å². The molecule has 2 atom stereocenters. The number of aromatic nitrogens is 5. The van der Waals surface area contributed by atoms with Crippen LogP contribution in [0.25, 0.3) is 0 Å². The highest BCUT2D eigenvalue weighted by atomic mass is 19.4. The molecule has 1 unspecified atom stereocenters. The van der Waals surface area contributed by atoms with E-state index < -0.39 is 18.6 Å². The van der Waals surface area contributed by atoms with Crippen molar-refractivity contribution in [3.8, 4) is 0 Å². The number of alkyl carbamates (subject to hydrolysis) is 1. The summed E-state index contributed by atoms with van der Waals surface area (Å²) >= 11 is 0. The van der Waals surface area contributed by atoms with E-state index in [4.69, 9.17) is 4.74 Å². The van der Waals surface area contributed by atoms with Gasteiger partial charge in [-0.2, -0.15) is 18.3 Å². The SMILES string of the molecule is CC1(NC(=O)OCC2CC[C@H](c3cc(NC(=O)Cc4cn(CC(F)(F)F)nn4)n[nH]3)C2)CC1. The zero-order valence-corrected chi connectivity index (χ0v) is 18.1. The lowest BCUT2D eigenvalue weighted by molar-refractivity contribution is -0.142. The van der Waals surface area contributed by atoms with Crippen molar-refractivity contribution in [3.63, 3.8) is 0 Å². The Morgan fingerprint density at radius 3 is 2.85 bits per heavy atom. The van der Waals surface area contributed by atoms with Gasteiger partial charge in [0.15, 0.2) is 5.82 Å². The number of anilines is 1. The molecule has 2 aromatic heterocycles. The summed E-state index contributed by atoms with van der Waals surface area (Å²) in [6.07, 6.45) is 0.708. The standard InChI is InChI=1S/C20H26F3N7O3/c1-19(4-5-19)25-18(32)33-10-12-2-3-13(6-12)15-8-16(28-27-15)24-17(31)7-14-9-30(29-26-14)11-20(21,22)23/h8-9,12-13H,2-7,10-11H2,1H3,(H,25,32)(H2,24,27,28,31)/t12?,13-/m0/s1. The second-order valence-electron chi connectivity index (χ2n) is 9.12. The van der Waals surface area contributed by atoms with Crippen molar-refractivity contribution in [1.82, 2.24) is 30.5 Å². The first-order valence-corrected chi connectivity index (χ1v) is 10.8. The predicted molar refractivity (Wildman–Crippen MR) is 109 cm³/mol. The number of carbonyl (C=O) groups is 2. The van der Waals surface area contributed by atoms with Crippen molar-refractivity contribution in [1.29, 1.82) is 0 Å². The predicted octanol–water partition coefficient (Wildman–Crippen LogP) is 2.91. The van der Waals surface area contributed by atoms with Crippen LogP contribution in [0.5, 0.6) is 0 Å². The van der Waals surface area contributed by atoms with Crippen molar-refractivity contribution in [3.05, 3.63) is 23.7 Å². The molecule has 2 aliphatic carbocycles. The normalized spacial score (nSPS) is 21.6. The first kappa shape index (κ1) is 23.1. The third kappa shape index (κ3) is 6.68. The van der Waals surface area contributed by atoms with Crippen LogP contribution in [-0.4, -0.2) is 55.5 Å². The number of ether oxygens (including phenoxy) is 1. The molecule has 13 heteroatoms. The van der Waals surface area contributed by atoms with Gasteiger partial charge in [0, 0.05) is 29.4 Å². The number of nitrogens with one attached hydrogen (secondary N) is 3. The number of hydrogen-bond acceptors (Lipinski definition) is 6. The minimum Gasteiger partial charge on any atom is -0.449 e. The van der Waals surface area contributed by atoms with E-state index in [2.05, 4.69) is 31.1 Å². The van der Waals surface area contributed by atoms with Gasteiger partial charge in [-0.3, -0.25) is 9.89 Å². The van der Waals surface area contributed by atoms with Gasteiger partial charge in [0.1, 0.15) is 6.54 Å². The Balaban J connectivity index is 1.21. The molecule has 2 heterocycles. The van der Waals surface area contributed by atoms with E-state index in [0.717, 1.165) is 44.0 Å². The zero-order valence-electron chi connectivity index (χ0n) is 18.1. The lowest BCUT2D eigenvalue weighted by atomic mass is 10.0. The smallest absolute Gasteiger partial charge is 0.408 e. The van der Waals surface area contributed by atoms with Gasteiger partial charge >= 0.3 is 12.3 Å². The van der Waals surface area contributed by atoms with Gasteiger partial charge in [-0.15, -0.1) is 5.10 Å². The summed E-state index contributed by atoms with van der Waals surface area (Å²) < 4.78 is 43.2. The first-order valence-electron chi connectivity index (χ1n) is 10.8. The van der Waals surface area contributed by atoms with Crippen LogP contribution < -0.4 is 10.6 Å². The largest absolute Gasteiger partial charge is 0.449 e. The maximum Gasteiger partial charge on any atom is 0.408 e. The topological polar surface area (TPSA) is 127 Å². The van der Waals surface area contributed by atoms with Gasteiger partial charge in [0.25, 0.3) is 0 Å². The highest BCUT2D eigenvalue weighted by Gasteiger charge is 2.39. The molecule has 180 valence electrons. The molecule has 0 aromatic carbocycles. The van der Waals surface area contributed by atoms with Gasteiger partial charge in [-0.25, -0.2) is 9.48 Å². The minimum absolute atomic E-state index is 0.105. The maximum absolute atomic E-state index is 12.4. The fourth-order valence-electron chi connectivity index (χ4n) is 3.94. The van der Waals surface area contributed by atoms with Crippen molar-refractivity contribution in [2.45, 2.75) is 69.6 Å². The van der Waals surface area contributed by atoms with Gasteiger partial charge < -0.3 is 15.4 Å². The number of carbonyl (C=O) groups excluding carboxylic acids is 2. The summed E-state index contributed by atoms with van der Waals surface area (Å²) in [5.74, 6) is 0.339. The summed E-state index contributed by atoms with van der Waals surface area (Å²) in [4.78, 5) is 24.0. The van der Waals surface area contributed by atoms with Gasteiger partial charge in [0.05, 0.1) is 18.7 Å². The maximum atomic E-state index is 12.4. The van der Waals surface area contributed by atoms with Crippen LogP contribution in [0.15, 0.2) is 12.3 Å². The second-order valence-corrected chi connectivity index (χ2v) is 9.12. The number of amides is 2. The molecule has 0 bridgehead atoms. The van der Waals surface area contributed by atoms with E-state index in [-0.39, 0.29) is 35.6 Å². The molecule has 4 rings (SSSR count). The Kier molecular flexibility index (Phi) is 6.30. The molecule has 2 aromatic rings. The first-order chi connectivity index (χ1) is 15.6. The minimum atomic E-state index is -4.41. The molecule has 0 spiro atoms. The van der Waals surface area contributed by atoms with E-state index in [1.807, 2.05) is 6.92 Å². The lowest BCUT2D eigenvalue weighted by Gasteiger charge is -2.14. The average Bonchev–Trinajstić information content (AvgIpc) is 3.15. The summed E-state index contributed by atoms with van der Waals surface area (Å²) in [5, 5.41) is 19.5. The van der Waals surface area contributed by atoms with Crippen molar-refractivity contribution in [2.75, 3.05) is 11.9 Å². The number of rotatable bonds is 8. The van der Waals surface area contributed by atoms with Gasteiger partial charge in [-0.05, 0) is 44.9 Å². The molecular weight excluding hydrogens is 443 g/mol. The van der Waals surface area contributed by atoms with Crippen LogP contribution in [0.2, 0.25) is 0 Å². The number of hydrogen-bond donors (Lipinski definition) is 3. The van der Waals surface area contributed by atoms with Crippen LogP contribution in [0, 0.1) is 5.92 Å². The highest BCUT2D eigenvalue weighted by Crippen LogP contribution is 2.38. The number of nitrogens with zero attached hydrogens (tertiary/aromatic N) is 4. The van der Waals surface area contributed by atoms with Gasteiger partial charge in [-0.1, -0.05) is 5.21 Å². The third-order valence-electron chi connectivity index (χ3n) is 5.97. The van der Waals surface area contributed by atoms with Crippen molar-refractivity contribution >= 4 is 17.8 Å². The number of H-pyrrole nitrogens is 1. The van der Waals surface area contributed by atoms with E-state index >= 15 is 0 Å². The van der Waals surface area contributed by atoms with Crippen molar-refractivity contribution in [2.24, 2.45) is 5.92 Å². The fraction of sp³-hybridized carbons (Fsp3) is 0.650. The molecule has 2 saturated carbocycles. The highest BCUT2D eigenvalue weighted by molar-refractivity contribution is 5.91. The lowest BCUT2D eigenvalue weighted by Crippen LogP contribution is -2.35. The Morgan fingerprint density at radius 2 is 2.12 bits per heavy atom. The van der Waals surface area contributed by atoms with Gasteiger partial charge in [0.2, 0.25) is 5.91 Å². The zero-order chi connectivity index (χ0) is 23.6. The van der Waals surface area contributed by atoms with Crippen LogP contribution in [0.4, 0.5) is 23.8 Å². The molecule has 2 amide bonds. The molecule has 3 N–H and O–H groups in total. The fourth-order valence-corrected chi connectivity index (χ4v) is 3.94. The monoisotopic (exact) mass is 469 g/mol. The Bertz CT molecular complexity index is 999. The number of aromatic amines is 1. The van der Waals surface area contributed by atoms with E-state index in [9.17, 15) is 22.8 Å². The van der Waals surface area contributed by atoms with E-state index in [0.29, 0.717) is 17.1 Å². The Morgan fingerprint density at radius 1 is 1.33 bits per heavy atom. The quantitative estimate of drug-likeness (QED) is 0.546. The van der Waals surface area contributed by atoms with Crippen LogP contribution in [0.3, 0.4) is 0 Å². The molecule has 2 fully saturated rings. The molecule has 0 saturated heterocycles.